The summed E-state index contributed by atoms with van der Waals surface area (Å²) in [6, 6.07) is 0. The van der Waals surface area contributed by atoms with E-state index >= 15 is 0 Å². The van der Waals surface area contributed by atoms with E-state index in [1.54, 1.807) is 0 Å². The average molecular weight is 362 g/mol. The SMILES string of the molecule is CCC(I)CCC1CC2CC1C1C(C)C(O)CC21. The number of aliphatic hydroxyl groups excluding tert-OH is 1. The van der Waals surface area contributed by atoms with E-state index in [2.05, 4.69) is 36.4 Å². The van der Waals surface area contributed by atoms with Gasteiger partial charge in [-0.25, -0.2) is 0 Å². The minimum Gasteiger partial charge on any atom is -0.393 e. The highest BCUT2D eigenvalue weighted by Gasteiger charge is 2.58. The van der Waals surface area contributed by atoms with Gasteiger partial charge in [-0.2, -0.15) is 0 Å². The molecule has 0 aliphatic heterocycles. The summed E-state index contributed by atoms with van der Waals surface area (Å²) in [6.45, 7) is 4.61. The Kier molecular flexibility index (Phi) is 3.97. The Bertz CT molecular complexity index is 305. The monoisotopic (exact) mass is 362 g/mol. The average Bonchev–Trinajstić information content (AvgIpc) is 2.99. The Balaban J connectivity index is 1.62. The molecule has 1 nitrogen and oxygen atoms in total. The van der Waals surface area contributed by atoms with E-state index in [1.807, 2.05) is 0 Å². The van der Waals surface area contributed by atoms with Crippen molar-refractivity contribution in [1.29, 1.82) is 0 Å². The molecule has 1 N–H and O–H groups in total. The summed E-state index contributed by atoms with van der Waals surface area (Å²) in [5.74, 6) is 5.27. The number of hydrogen-bond donors (Lipinski definition) is 1. The molecule has 104 valence electrons. The molecule has 0 aromatic carbocycles. The zero-order chi connectivity index (χ0) is 12.9. The van der Waals surface area contributed by atoms with Crippen LogP contribution in [0.5, 0.6) is 0 Å². The van der Waals surface area contributed by atoms with Crippen LogP contribution in [-0.2, 0) is 0 Å². The van der Waals surface area contributed by atoms with Gasteiger partial charge in [-0.3, -0.25) is 0 Å². The highest BCUT2D eigenvalue weighted by molar-refractivity contribution is 14.1. The van der Waals surface area contributed by atoms with E-state index in [4.69, 9.17) is 0 Å². The molecular weight excluding hydrogens is 335 g/mol. The molecule has 3 rings (SSSR count). The van der Waals surface area contributed by atoms with Crippen LogP contribution >= 0.6 is 22.6 Å². The van der Waals surface area contributed by atoms with E-state index in [9.17, 15) is 5.11 Å². The van der Waals surface area contributed by atoms with E-state index in [0.717, 1.165) is 39.9 Å². The molecule has 0 aromatic heterocycles. The molecule has 0 aromatic rings. The highest BCUT2D eigenvalue weighted by atomic mass is 127. The van der Waals surface area contributed by atoms with Crippen LogP contribution < -0.4 is 0 Å². The van der Waals surface area contributed by atoms with Crippen molar-refractivity contribution in [2.45, 2.75) is 62.4 Å². The van der Waals surface area contributed by atoms with Crippen LogP contribution in [0.25, 0.3) is 0 Å². The minimum absolute atomic E-state index is 0.0111. The predicted octanol–water partition coefficient (Wildman–Crippen LogP) is 4.27. The zero-order valence-electron chi connectivity index (χ0n) is 11.7. The standard InChI is InChI=1S/C16H27IO/c1-3-12(17)5-4-10-6-11-7-13(10)16-9(2)15(18)8-14(11)16/h9-16,18H,3-8H2,1-2H3. The largest absolute Gasteiger partial charge is 0.393 e. The number of fused-ring (bicyclic) bond motifs is 5. The smallest absolute Gasteiger partial charge is 0.0571 e. The Morgan fingerprint density at radius 2 is 2.00 bits per heavy atom. The van der Waals surface area contributed by atoms with E-state index in [1.165, 1.54) is 32.1 Å². The van der Waals surface area contributed by atoms with Gasteiger partial charge in [-0.1, -0.05) is 36.4 Å². The summed E-state index contributed by atoms with van der Waals surface area (Å²) < 4.78 is 0.879. The van der Waals surface area contributed by atoms with Gasteiger partial charge in [0.05, 0.1) is 6.10 Å². The first-order chi connectivity index (χ1) is 8.61. The van der Waals surface area contributed by atoms with Crippen molar-refractivity contribution in [1.82, 2.24) is 0 Å². The van der Waals surface area contributed by atoms with E-state index < -0.39 is 0 Å². The molecule has 3 aliphatic carbocycles. The van der Waals surface area contributed by atoms with Gasteiger partial charge in [0.25, 0.3) is 0 Å². The maximum absolute atomic E-state index is 10.1. The summed E-state index contributed by atoms with van der Waals surface area (Å²) in [5, 5.41) is 10.1. The van der Waals surface area contributed by atoms with Gasteiger partial charge in [0.2, 0.25) is 0 Å². The fourth-order valence-electron chi connectivity index (χ4n) is 5.47. The van der Waals surface area contributed by atoms with Gasteiger partial charge in [-0.15, -0.1) is 0 Å². The van der Waals surface area contributed by atoms with Crippen LogP contribution in [0.3, 0.4) is 0 Å². The van der Waals surface area contributed by atoms with Crippen LogP contribution in [0, 0.1) is 35.5 Å². The Labute approximate surface area is 125 Å². The van der Waals surface area contributed by atoms with Crippen molar-refractivity contribution in [3.05, 3.63) is 0 Å². The second-order valence-electron chi connectivity index (χ2n) is 7.14. The fourth-order valence-corrected chi connectivity index (χ4v) is 5.82. The Hall–Kier alpha value is 0.690. The molecule has 0 amide bonds. The summed E-state index contributed by atoms with van der Waals surface area (Å²) in [7, 11) is 0. The molecule has 0 radical (unpaired) electrons. The number of alkyl halides is 1. The van der Waals surface area contributed by atoms with Crippen LogP contribution in [0.2, 0.25) is 0 Å². The van der Waals surface area contributed by atoms with Gasteiger partial charge < -0.3 is 5.11 Å². The summed E-state index contributed by atoms with van der Waals surface area (Å²) in [6.07, 6.45) is 8.30. The Morgan fingerprint density at radius 1 is 1.22 bits per heavy atom. The van der Waals surface area contributed by atoms with Crippen molar-refractivity contribution in [3.63, 3.8) is 0 Å². The lowest BCUT2D eigenvalue weighted by Gasteiger charge is -2.34. The highest BCUT2D eigenvalue weighted by Crippen LogP contribution is 2.63. The molecular formula is C16H27IO. The quantitative estimate of drug-likeness (QED) is 0.585. The second kappa shape index (κ2) is 5.23. The van der Waals surface area contributed by atoms with Crippen molar-refractivity contribution in [2.24, 2.45) is 35.5 Å². The molecule has 0 spiro atoms. The third-order valence-corrected chi connectivity index (χ3v) is 7.91. The minimum atomic E-state index is 0.0111. The Morgan fingerprint density at radius 3 is 2.72 bits per heavy atom. The maximum atomic E-state index is 10.1. The summed E-state index contributed by atoms with van der Waals surface area (Å²) in [5.41, 5.74) is 0. The van der Waals surface area contributed by atoms with Gasteiger partial charge in [0.15, 0.2) is 0 Å². The number of halogens is 1. The first kappa shape index (κ1) is 13.7. The van der Waals surface area contributed by atoms with Crippen molar-refractivity contribution >= 4 is 22.6 Å². The second-order valence-corrected chi connectivity index (χ2v) is 8.90. The number of aliphatic hydroxyl groups is 1. The van der Waals surface area contributed by atoms with Crippen LogP contribution in [0.1, 0.15) is 52.4 Å². The van der Waals surface area contributed by atoms with Crippen molar-refractivity contribution < 1.29 is 5.11 Å². The van der Waals surface area contributed by atoms with Crippen LogP contribution in [0.15, 0.2) is 0 Å². The molecule has 8 unspecified atom stereocenters. The van der Waals surface area contributed by atoms with Crippen LogP contribution in [0.4, 0.5) is 0 Å². The number of hydrogen-bond acceptors (Lipinski definition) is 1. The van der Waals surface area contributed by atoms with Gasteiger partial charge in [-0.05, 0) is 74.0 Å². The lowest BCUT2D eigenvalue weighted by atomic mass is 9.71. The predicted molar refractivity (Wildman–Crippen MR) is 83.8 cm³/mol. The molecule has 3 aliphatic rings. The molecule has 3 saturated carbocycles. The first-order valence-electron chi connectivity index (χ1n) is 7.94. The lowest BCUT2D eigenvalue weighted by Crippen LogP contribution is -2.28. The number of rotatable bonds is 4. The molecule has 2 bridgehead atoms. The maximum Gasteiger partial charge on any atom is 0.0571 e. The third kappa shape index (κ3) is 2.15. The zero-order valence-corrected chi connectivity index (χ0v) is 13.8. The summed E-state index contributed by atoms with van der Waals surface area (Å²) >= 11 is 2.62. The van der Waals surface area contributed by atoms with Gasteiger partial charge in [0.1, 0.15) is 0 Å². The molecule has 3 fully saturated rings. The normalized spacial score (nSPS) is 51.7. The first-order valence-corrected chi connectivity index (χ1v) is 9.18. The third-order valence-electron chi connectivity index (χ3n) is 6.40. The molecule has 2 heteroatoms. The van der Waals surface area contributed by atoms with E-state index in [-0.39, 0.29) is 6.10 Å². The topological polar surface area (TPSA) is 20.2 Å². The van der Waals surface area contributed by atoms with Crippen molar-refractivity contribution in [2.75, 3.05) is 0 Å². The summed E-state index contributed by atoms with van der Waals surface area (Å²) in [4.78, 5) is 0. The van der Waals surface area contributed by atoms with Crippen LogP contribution in [-0.4, -0.2) is 15.1 Å². The molecule has 18 heavy (non-hydrogen) atoms. The molecule has 0 heterocycles. The van der Waals surface area contributed by atoms with Crippen molar-refractivity contribution in [3.8, 4) is 0 Å². The van der Waals surface area contributed by atoms with Gasteiger partial charge in [0, 0.05) is 3.92 Å². The molecule has 8 atom stereocenters. The molecule has 0 saturated heterocycles. The lowest BCUT2D eigenvalue weighted by molar-refractivity contribution is 0.102. The van der Waals surface area contributed by atoms with E-state index in [0.29, 0.717) is 5.92 Å². The van der Waals surface area contributed by atoms with Gasteiger partial charge >= 0.3 is 0 Å². The fraction of sp³-hybridized carbons (Fsp3) is 1.00.